The van der Waals surface area contributed by atoms with Crippen LogP contribution in [-0.4, -0.2) is 38.6 Å². The van der Waals surface area contributed by atoms with Crippen LogP contribution in [0.1, 0.15) is 30.4 Å². The number of nitrogens with zero attached hydrogens (tertiary/aromatic N) is 3. The Labute approximate surface area is 206 Å². The second kappa shape index (κ2) is 8.11. The maximum atomic E-state index is 16.2. The molecule has 2 aromatic carbocycles. The van der Waals surface area contributed by atoms with Gasteiger partial charge in [0.25, 0.3) is 5.92 Å². The highest BCUT2D eigenvalue weighted by atomic mass is 35.5. The van der Waals surface area contributed by atoms with Gasteiger partial charge in [-0.3, -0.25) is 0 Å². The number of benzene rings is 2. The van der Waals surface area contributed by atoms with Crippen molar-refractivity contribution in [2.75, 3.05) is 6.61 Å². The monoisotopic (exact) mass is 531 g/mol. The summed E-state index contributed by atoms with van der Waals surface area (Å²) in [5, 5.41) is 15.3. The summed E-state index contributed by atoms with van der Waals surface area (Å²) >= 11 is 5.80. The van der Waals surface area contributed by atoms with Crippen LogP contribution < -0.4 is 4.74 Å². The van der Waals surface area contributed by atoms with Crippen LogP contribution in [0, 0.1) is 11.2 Å². The molecule has 192 valence electrons. The van der Waals surface area contributed by atoms with Gasteiger partial charge in [0.2, 0.25) is 0 Å². The van der Waals surface area contributed by atoms with Crippen LogP contribution >= 0.6 is 11.6 Å². The molecule has 1 aromatic heterocycles. The molecule has 0 unspecified atom stereocenters. The Balaban J connectivity index is 1.39. The fourth-order valence-corrected chi connectivity index (χ4v) is 5.82. The van der Waals surface area contributed by atoms with Gasteiger partial charge in [-0.05, 0) is 54.5 Å². The van der Waals surface area contributed by atoms with E-state index in [-0.39, 0.29) is 30.0 Å². The average Bonchev–Trinajstić information content (AvgIpc) is 3.23. The van der Waals surface area contributed by atoms with Crippen molar-refractivity contribution in [3.63, 3.8) is 0 Å². The maximum absolute atomic E-state index is 16.2. The Morgan fingerprint density at radius 1 is 1.03 bits per heavy atom. The van der Waals surface area contributed by atoms with Gasteiger partial charge in [0.15, 0.2) is 12.2 Å². The Bertz CT molecular complexity index is 1250. The van der Waals surface area contributed by atoms with Gasteiger partial charge in [-0.15, -0.1) is 0 Å². The molecule has 0 aliphatic heterocycles. The van der Waals surface area contributed by atoms with E-state index in [1.807, 2.05) is 0 Å². The maximum Gasteiger partial charge on any atom is 0.422 e. The van der Waals surface area contributed by atoms with Crippen LogP contribution in [-0.2, 0) is 17.6 Å². The zero-order valence-electron chi connectivity index (χ0n) is 18.6. The van der Waals surface area contributed by atoms with Crippen LogP contribution in [0.3, 0.4) is 0 Å². The Kier molecular flexibility index (Phi) is 5.60. The molecule has 5 nitrogen and oxygen atoms in total. The molecule has 0 amide bonds. The van der Waals surface area contributed by atoms with E-state index in [1.54, 1.807) is 12.1 Å². The molecule has 3 aliphatic carbocycles. The zero-order chi connectivity index (χ0) is 26.0. The molecule has 1 heterocycles. The lowest BCUT2D eigenvalue weighted by molar-refractivity contribution is -0.347. The molecule has 3 aromatic rings. The second-order valence-electron chi connectivity index (χ2n) is 9.67. The lowest BCUT2D eigenvalue weighted by Crippen LogP contribution is -2.76. The van der Waals surface area contributed by atoms with E-state index in [0.717, 1.165) is 29.5 Å². The molecule has 36 heavy (non-hydrogen) atoms. The van der Waals surface area contributed by atoms with Crippen LogP contribution in [0.2, 0.25) is 5.02 Å². The van der Waals surface area contributed by atoms with Crippen molar-refractivity contribution in [3.8, 4) is 5.75 Å². The molecule has 1 atom stereocenters. The zero-order valence-corrected chi connectivity index (χ0v) is 19.3. The quantitative estimate of drug-likeness (QED) is 0.381. The van der Waals surface area contributed by atoms with Crippen molar-refractivity contribution in [2.45, 2.75) is 48.9 Å². The normalized spacial score (nSPS) is 25.0. The predicted octanol–water partition coefficient (Wildman–Crippen LogP) is 5.66. The highest BCUT2D eigenvalue weighted by Gasteiger charge is 2.82. The first-order valence-electron chi connectivity index (χ1n) is 11.0. The van der Waals surface area contributed by atoms with E-state index < -0.39 is 53.1 Å². The van der Waals surface area contributed by atoms with E-state index >= 15 is 8.78 Å². The molecule has 0 radical (unpaired) electrons. The van der Waals surface area contributed by atoms with Gasteiger partial charge in [-0.25, -0.2) is 22.8 Å². The number of aromatic nitrogens is 3. The molecule has 12 heteroatoms. The summed E-state index contributed by atoms with van der Waals surface area (Å²) < 4.78 is 90.1. The molecule has 0 saturated heterocycles. The van der Waals surface area contributed by atoms with Crippen LogP contribution in [0.4, 0.5) is 26.3 Å². The smallest absolute Gasteiger partial charge is 0.422 e. The molecular formula is C24H20ClF6N3O2. The van der Waals surface area contributed by atoms with Crippen molar-refractivity contribution in [2.24, 2.45) is 5.41 Å². The molecule has 3 saturated carbocycles. The minimum absolute atomic E-state index is 0.00481. The van der Waals surface area contributed by atoms with E-state index in [4.69, 9.17) is 16.3 Å². The minimum Gasteiger partial charge on any atom is -0.484 e. The number of hydrogen-bond donors (Lipinski definition) is 1. The minimum atomic E-state index is -4.48. The number of ether oxygens (including phenoxy) is 1. The molecule has 0 spiro atoms. The fraction of sp³-hybridized carbons (Fsp3) is 0.417. The Morgan fingerprint density at radius 3 is 2.25 bits per heavy atom. The molecule has 1 N–H and O–H groups in total. The van der Waals surface area contributed by atoms with Gasteiger partial charge < -0.3 is 9.84 Å². The van der Waals surface area contributed by atoms with E-state index in [1.165, 1.54) is 18.2 Å². The number of aliphatic hydroxyl groups is 1. The summed E-state index contributed by atoms with van der Waals surface area (Å²) in [4.78, 5) is 3.72. The summed E-state index contributed by atoms with van der Waals surface area (Å²) in [6.45, 7) is -2.17. The van der Waals surface area contributed by atoms with E-state index in [9.17, 15) is 22.7 Å². The lowest BCUT2D eigenvalue weighted by atomic mass is 9.30. The molecule has 6 rings (SSSR count). The van der Waals surface area contributed by atoms with E-state index in [0.29, 0.717) is 5.56 Å². The summed E-state index contributed by atoms with van der Waals surface area (Å²) in [5.41, 5.74) is -5.05. The highest BCUT2D eigenvalue weighted by molar-refractivity contribution is 6.30. The number of alkyl halides is 5. The SMILES string of the molecule is O[C@@](Cn1cncn1)(c1ccc(Cl)cc1F)C(F)(F)C12CC(c3ccc(OCC(F)(F)F)cc3)(C1)C2. The standard InChI is InChI=1S/C24H20ClF6N3O2/c25-16-3-6-18(19(26)7-16)22(35,11-34-14-32-13-33-34)24(30,31)21-8-20(9-21,10-21)15-1-4-17(5-2-15)36-12-23(27,28)29/h1-7,13-14,35H,8-12H2/t20?,21?,22-/m0/s1. The second-order valence-corrected chi connectivity index (χ2v) is 10.1. The van der Waals surface area contributed by atoms with Gasteiger partial charge in [0, 0.05) is 16.0 Å². The first-order chi connectivity index (χ1) is 16.8. The Morgan fingerprint density at radius 2 is 1.69 bits per heavy atom. The number of rotatable bonds is 8. The summed E-state index contributed by atoms with van der Waals surface area (Å²) in [6, 6.07) is 9.01. The number of hydrogen-bond acceptors (Lipinski definition) is 4. The molecule has 3 aliphatic rings. The third kappa shape index (κ3) is 3.83. The van der Waals surface area contributed by atoms with Crippen molar-refractivity contribution in [3.05, 3.63) is 77.1 Å². The third-order valence-electron chi connectivity index (χ3n) is 7.32. The predicted molar refractivity (Wildman–Crippen MR) is 116 cm³/mol. The van der Waals surface area contributed by atoms with Gasteiger partial charge in [0.05, 0.1) is 6.54 Å². The first kappa shape index (κ1) is 24.9. The third-order valence-corrected chi connectivity index (χ3v) is 7.55. The van der Waals surface area contributed by atoms with Crippen molar-refractivity contribution in [1.82, 2.24) is 14.8 Å². The van der Waals surface area contributed by atoms with Gasteiger partial charge in [-0.2, -0.15) is 18.3 Å². The summed E-state index contributed by atoms with van der Waals surface area (Å²) in [6.07, 6.45) is -2.15. The van der Waals surface area contributed by atoms with Gasteiger partial charge in [0.1, 0.15) is 24.2 Å². The van der Waals surface area contributed by atoms with Crippen LogP contribution in [0.5, 0.6) is 5.75 Å². The summed E-state index contributed by atoms with van der Waals surface area (Å²) in [7, 11) is 0. The largest absolute Gasteiger partial charge is 0.484 e. The first-order valence-corrected chi connectivity index (χ1v) is 11.4. The topological polar surface area (TPSA) is 60.2 Å². The molecular weight excluding hydrogens is 512 g/mol. The lowest BCUT2D eigenvalue weighted by Gasteiger charge is -2.74. The van der Waals surface area contributed by atoms with Gasteiger partial charge in [-0.1, -0.05) is 29.8 Å². The molecule has 3 fully saturated rings. The van der Waals surface area contributed by atoms with E-state index in [2.05, 4.69) is 10.1 Å². The fourth-order valence-electron chi connectivity index (χ4n) is 5.66. The Hall–Kier alpha value is -2.79. The van der Waals surface area contributed by atoms with Gasteiger partial charge >= 0.3 is 6.18 Å². The summed E-state index contributed by atoms with van der Waals surface area (Å²) in [5.74, 6) is -4.82. The van der Waals surface area contributed by atoms with Crippen LogP contribution in [0.25, 0.3) is 0 Å². The average molecular weight is 532 g/mol. The molecule has 2 bridgehead atoms. The van der Waals surface area contributed by atoms with Crippen molar-refractivity contribution in [1.29, 1.82) is 0 Å². The van der Waals surface area contributed by atoms with Crippen molar-refractivity contribution < 1.29 is 36.2 Å². The van der Waals surface area contributed by atoms with Crippen molar-refractivity contribution >= 4 is 11.6 Å². The van der Waals surface area contributed by atoms with Crippen LogP contribution in [0.15, 0.2) is 55.1 Å². The highest BCUT2D eigenvalue weighted by Crippen LogP contribution is 2.80. The number of halogens is 7.